The maximum Gasteiger partial charge on any atom is 0.331 e. The zero-order chi connectivity index (χ0) is 29.1. The molecular formula is C31H37F2N3O4. The molecule has 1 unspecified atom stereocenters. The number of carbonyl (C=O) groups is 2. The third-order valence-corrected chi connectivity index (χ3v) is 7.93. The summed E-state index contributed by atoms with van der Waals surface area (Å²) in [6.07, 6.45) is 2.78. The molecule has 2 aliphatic rings. The Bertz CT molecular complexity index is 1290. The first-order chi connectivity index (χ1) is 19.0. The molecule has 0 aliphatic carbocycles. The van der Waals surface area contributed by atoms with E-state index in [0.29, 0.717) is 55.3 Å². The fourth-order valence-corrected chi connectivity index (χ4v) is 5.80. The molecule has 2 aromatic carbocycles. The SMILES string of the molecule is COC(=O)C1(C)CCCN1C(=O)c1c(F)cccc1-c1ccc(OCC2CCN(CC(C)(C)F)CC2)c(C#N)c1. The van der Waals surface area contributed by atoms with Gasteiger partial charge in [-0.25, -0.2) is 13.6 Å². The van der Waals surface area contributed by atoms with Crippen LogP contribution in [0.3, 0.4) is 0 Å². The molecule has 0 radical (unpaired) electrons. The van der Waals surface area contributed by atoms with Crippen molar-refractivity contribution in [3.63, 3.8) is 0 Å². The van der Waals surface area contributed by atoms with Crippen molar-refractivity contribution in [3.05, 3.63) is 53.3 Å². The van der Waals surface area contributed by atoms with Gasteiger partial charge in [-0.2, -0.15) is 5.26 Å². The second-order valence-electron chi connectivity index (χ2n) is 11.6. The summed E-state index contributed by atoms with van der Waals surface area (Å²) in [5.74, 6) is -1.13. The molecule has 2 aromatic rings. The maximum absolute atomic E-state index is 15.2. The first-order valence-corrected chi connectivity index (χ1v) is 13.7. The molecule has 1 amide bonds. The first-order valence-electron chi connectivity index (χ1n) is 13.7. The molecule has 0 saturated carbocycles. The van der Waals surface area contributed by atoms with Crippen LogP contribution >= 0.6 is 0 Å². The summed E-state index contributed by atoms with van der Waals surface area (Å²) in [5, 5.41) is 9.86. The van der Waals surface area contributed by atoms with E-state index in [0.717, 1.165) is 25.9 Å². The van der Waals surface area contributed by atoms with E-state index in [1.807, 2.05) is 0 Å². The number of ether oxygens (including phenoxy) is 2. The van der Waals surface area contributed by atoms with Gasteiger partial charge in [0, 0.05) is 13.1 Å². The Morgan fingerprint density at radius 1 is 1.18 bits per heavy atom. The number of amides is 1. The van der Waals surface area contributed by atoms with Crippen molar-refractivity contribution in [2.75, 3.05) is 39.9 Å². The number of rotatable bonds is 8. The molecule has 0 bridgehead atoms. The average Bonchev–Trinajstić information content (AvgIpc) is 3.33. The minimum atomic E-state index is -1.23. The molecule has 214 valence electrons. The molecule has 1 atom stereocenters. The number of piperidine rings is 1. The van der Waals surface area contributed by atoms with Gasteiger partial charge in [0.05, 0.1) is 24.8 Å². The van der Waals surface area contributed by atoms with E-state index in [9.17, 15) is 19.2 Å². The van der Waals surface area contributed by atoms with Gasteiger partial charge in [-0.05, 0) is 94.8 Å². The molecule has 0 N–H and O–H groups in total. The van der Waals surface area contributed by atoms with Gasteiger partial charge < -0.3 is 19.3 Å². The lowest BCUT2D eigenvalue weighted by Crippen LogP contribution is -2.51. The summed E-state index contributed by atoms with van der Waals surface area (Å²) >= 11 is 0. The van der Waals surface area contributed by atoms with Crippen LogP contribution in [-0.2, 0) is 9.53 Å². The fraction of sp³-hybridized carbons (Fsp3) is 0.516. The Kier molecular flexibility index (Phi) is 8.79. The normalized spacial score (nSPS) is 20.3. The molecule has 40 heavy (non-hydrogen) atoms. The largest absolute Gasteiger partial charge is 0.492 e. The van der Waals surface area contributed by atoms with Crippen LogP contribution in [0.5, 0.6) is 5.75 Å². The highest BCUT2D eigenvalue weighted by molar-refractivity contribution is 6.03. The highest BCUT2D eigenvalue weighted by atomic mass is 19.1. The van der Waals surface area contributed by atoms with Gasteiger partial charge in [0.1, 0.15) is 28.8 Å². The van der Waals surface area contributed by atoms with Gasteiger partial charge in [-0.3, -0.25) is 4.79 Å². The van der Waals surface area contributed by atoms with Crippen molar-refractivity contribution in [3.8, 4) is 22.9 Å². The lowest BCUT2D eigenvalue weighted by atomic mass is 9.94. The summed E-state index contributed by atoms with van der Waals surface area (Å²) in [5.41, 5.74) is -1.46. The number of benzene rings is 2. The van der Waals surface area contributed by atoms with Crippen LogP contribution in [0.25, 0.3) is 11.1 Å². The predicted octanol–water partition coefficient (Wildman–Crippen LogP) is 5.37. The predicted molar refractivity (Wildman–Crippen MR) is 147 cm³/mol. The Morgan fingerprint density at radius 2 is 1.90 bits per heavy atom. The minimum absolute atomic E-state index is 0.152. The average molecular weight is 554 g/mol. The van der Waals surface area contributed by atoms with Gasteiger partial charge in [0.2, 0.25) is 0 Å². The first kappa shape index (κ1) is 29.5. The number of methoxy groups -OCH3 is 1. The van der Waals surface area contributed by atoms with Crippen LogP contribution in [0.15, 0.2) is 36.4 Å². The standard InChI is InChI=1S/C31H37F2N3O4/c1-30(2,33)20-35-15-11-21(12-16-35)19-40-26-10-9-22(17-23(26)18-34)24-7-5-8-25(32)27(24)28(37)36-14-6-13-31(36,3)29(38)39-4/h5,7-10,17,21H,6,11-16,19-20H2,1-4H3. The number of nitrogens with zero attached hydrogens (tertiary/aromatic N) is 3. The number of nitriles is 1. The Labute approximate surface area is 234 Å². The highest BCUT2D eigenvalue weighted by Crippen LogP contribution is 2.36. The summed E-state index contributed by atoms with van der Waals surface area (Å²) in [4.78, 5) is 29.7. The van der Waals surface area contributed by atoms with E-state index in [1.54, 1.807) is 45.0 Å². The summed E-state index contributed by atoms with van der Waals surface area (Å²) < 4.78 is 40.1. The molecule has 0 aromatic heterocycles. The lowest BCUT2D eigenvalue weighted by Gasteiger charge is -2.34. The molecular weight excluding hydrogens is 516 g/mol. The van der Waals surface area contributed by atoms with Crippen LogP contribution in [-0.4, -0.2) is 72.8 Å². The Balaban J connectivity index is 1.52. The van der Waals surface area contributed by atoms with E-state index in [1.165, 1.54) is 24.1 Å². The molecule has 7 nitrogen and oxygen atoms in total. The van der Waals surface area contributed by atoms with E-state index in [-0.39, 0.29) is 11.1 Å². The van der Waals surface area contributed by atoms with Crippen LogP contribution < -0.4 is 4.74 Å². The number of hydrogen-bond acceptors (Lipinski definition) is 6. The third kappa shape index (κ3) is 6.28. The molecule has 4 rings (SSSR count). The van der Waals surface area contributed by atoms with E-state index in [2.05, 4.69) is 11.0 Å². The summed E-state index contributed by atoms with van der Waals surface area (Å²) in [7, 11) is 1.27. The van der Waals surface area contributed by atoms with E-state index >= 15 is 4.39 Å². The van der Waals surface area contributed by atoms with E-state index in [4.69, 9.17) is 9.47 Å². The smallest absolute Gasteiger partial charge is 0.331 e. The topological polar surface area (TPSA) is 82.9 Å². The number of likely N-dealkylation sites (tertiary alicyclic amines) is 2. The van der Waals surface area contributed by atoms with Crippen molar-refractivity contribution >= 4 is 11.9 Å². The lowest BCUT2D eigenvalue weighted by molar-refractivity contribution is -0.151. The molecule has 2 heterocycles. The molecule has 2 aliphatic heterocycles. The third-order valence-electron chi connectivity index (χ3n) is 7.93. The van der Waals surface area contributed by atoms with Gasteiger partial charge in [0.25, 0.3) is 5.91 Å². The van der Waals surface area contributed by atoms with Crippen molar-refractivity contribution < 1.29 is 27.8 Å². The van der Waals surface area contributed by atoms with Gasteiger partial charge in [-0.1, -0.05) is 18.2 Å². The van der Waals surface area contributed by atoms with Crippen LogP contribution in [0.1, 0.15) is 62.4 Å². The van der Waals surface area contributed by atoms with Gasteiger partial charge >= 0.3 is 5.97 Å². The quantitative estimate of drug-likeness (QED) is 0.409. The van der Waals surface area contributed by atoms with Crippen molar-refractivity contribution in [2.45, 2.75) is 57.7 Å². The fourth-order valence-electron chi connectivity index (χ4n) is 5.80. The number of carbonyl (C=O) groups excluding carboxylic acids is 2. The van der Waals surface area contributed by atoms with Crippen LogP contribution in [0.2, 0.25) is 0 Å². The monoisotopic (exact) mass is 553 g/mol. The van der Waals surface area contributed by atoms with Crippen molar-refractivity contribution in [1.82, 2.24) is 9.80 Å². The Hall–Kier alpha value is -3.51. The van der Waals surface area contributed by atoms with Gasteiger partial charge in [0.15, 0.2) is 0 Å². The summed E-state index contributed by atoms with van der Waals surface area (Å²) in [6, 6.07) is 11.5. The Morgan fingerprint density at radius 3 is 2.55 bits per heavy atom. The van der Waals surface area contributed by atoms with Gasteiger partial charge in [-0.15, -0.1) is 0 Å². The zero-order valence-corrected chi connectivity index (χ0v) is 23.6. The molecule has 0 spiro atoms. The van der Waals surface area contributed by atoms with E-state index < -0.39 is 28.9 Å². The van der Waals surface area contributed by atoms with Crippen molar-refractivity contribution in [1.29, 1.82) is 5.26 Å². The zero-order valence-electron chi connectivity index (χ0n) is 23.6. The minimum Gasteiger partial charge on any atom is -0.492 e. The van der Waals surface area contributed by atoms with Crippen LogP contribution in [0.4, 0.5) is 8.78 Å². The number of esters is 1. The number of hydrogen-bond donors (Lipinski definition) is 0. The van der Waals surface area contributed by atoms with Crippen LogP contribution in [0, 0.1) is 23.1 Å². The number of alkyl halides is 1. The number of halogens is 2. The second-order valence-corrected chi connectivity index (χ2v) is 11.6. The second kappa shape index (κ2) is 11.9. The molecule has 2 fully saturated rings. The molecule has 9 heteroatoms. The highest BCUT2D eigenvalue weighted by Gasteiger charge is 2.47. The van der Waals surface area contributed by atoms with Crippen molar-refractivity contribution in [2.24, 2.45) is 5.92 Å². The molecule has 2 saturated heterocycles. The summed E-state index contributed by atoms with van der Waals surface area (Å²) in [6.45, 7) is 7.56. The maximum atomic E-state index is 15.2.